The highest BCUT2D eigenvalue weighted by molar-refractivity contribution is 8.27. The van der Waals surface area contributed by atoms with Crippen molar-refractivity contribution >= 4 is 57.1 Å². The van der Waals surface area contributed by atoms with Crippen molar-refractivity contribution in [1.29, 1.82) is 0 Å². The Balaban J connectivity index is 1.86. The lowest BCUT2D eigenvalue weighted by molar-refractivity contribution is -0.113. The molecule has 5 heteroatoms. The predicted molar refractivity (Wildman–Crippen MR) is 117 cm³/mol. The van der Waals surface area contributed by atoms with Gasteiger partial charge in [0.05, 0.1) is 10.6 Å². The maximum atomic E-state index is 13.0. The molecule has 2 nitrogen and oxygen atoms in total. The monoisotopic (exact) mass is 401 g/mol. The Labute approximate surface area is 169 Å². The fraction of sp³-hybridized carbons (Fsp3) is 0.238. The molecule has 0 unspecified atom stereocenters. The summed E-state index contributed by atoms with van der Waals surface area (Å²) in [5.74, 6) is -0.0613. The second-order valence-corrected chi connectivity index (χ2v) is 8.32. The molecule has 26 heavy (non-hydrogen) atoms. The van der Waals surface area contributed by atoms with Gasteiger partial charge in [-0.25, -0.2) is 0 Å². The Morgan fingerprint density at radius 1 is 1.12 bits per heavy atom. The van der Waals surface area contributed by atoms with Gasteiger partial charge >= 0.3 is 0 Å². The summed E-state index contributed by atoms with van der Waals surface area (Å²) in [4.78, 5) is 15.3. The van der Waals surface area contributed by atoms with E-state index >= 15 is 0 Å². The summed E-state index contributed by atoms with van der Waals surface area (Å²) < 4.78 is 0.569. The Kier molecular flexibility index (Phi) is 6.17. The molecule has 1 saturated heterocycles. The molecule has 0 saturated carbocycles. The van der Waals surface area contributed by atoms with Crippen LogP contribution in [0.5, 0.6) is 0 Å². The van der Waals surface area contributed by atoms with Gasteiger partial charge in [-0.2, -0.15) is 0 Å². The largest absolute Gasteiger partial charge is 0.271 e. The Morgan fingerprint density at radius 3 is 2.38 bits per heavy atom. The van der Waals surface area contributed by atoms with E-state index in [2.05, 4.69) is 19.1 Å². The van der Waals surface area contributed by atoms with Gasteiger partial charge < -0.3 is 0 Å². The van der Waals surface area contributed by atoms with Gasteiger partial charge in [-0.15, -0.1) is 0 Å². The van der Waals surface area contributed by atoms with Crippen LogP contribution in [0.15, 0.2) is 53.4 Å². The van der Waals surface area contributed by atoms with Gasteiger partial charge in [0.25, 0.3) is 5.91 Å². The molecule has 1 aliphatic rings. The van der Waals surface area contributed by atoms with E-state index in [1.54, 1.807) is 4.90 Å². The highest BCUT2D eigenvalue weighted by Crippen LogP contribution is 2.39. The maximum Gasteiger partial charge on any atom is 0.271 e. The average molecular weight is 402 g/mol. The molecule has 2 aromatic rings. The summed E-state index contributed by atoms with van der Waals surface area (Å²) in [5.41, 5.74) is 4.01. The van der Waals surface area contributed by atoms with Crippen LogP contribution in [-0.2, 0) is 11.2 Å². The van der Waals surface area contributed by atoms with Crippen LogP contribution in [0.25, 0.3) is 5.57 Å². The van der Waals surface area contributed by atoms with Crippen molar-refractivity contribution in [3.05, 3.63) is 69.6 Å². The van der Waals surface area contributed by atoms with Gasteiger partial charge in [0.1, 0.15) is 0 Å². The molecule has 0 aromatic heterocycles. The van der Waals surface area contributed by atoms with Crippen LogP contribution >= 0.6 is 35.6 Å². The number of thioether (sulfide) groups is 1. The number of halogens is 1. The molecule has 0 atom stereocenters. The minimum atomic E-state index is -0.0613. The number of carbonyl (C=O) groups is 1. The average Bonchev–Trinajstić information content (AvgIpc) is 2.95. The van der Waals surface area contributed by atoms with Gasteiger partial charge in [-0.05, 0) is 60.7 Å². The normalized spacial score (nSPS) is 16.3. The summed E-state index contributed by atoms with van der Waals surface area (Å²) in [7, 11) is 0. The number of anilines is 1. The Morgan fingerprint density at radius 2 is 1.77 bits per heavy atom. The quantitative estimate of drug-likeness (QED) is 0.422. The molecular formula is C21H20ClNOS2. The van der Waals surface area contributed by atoms with Crippen LogP contribution in [0.3, 0.4) is 0 Å². The molecule has 134 valence electrons. The van der Waals surface area contributed by atoms with Crippen LogP contribution in [-0.4, -0.2) is 10.2 Å². The van der Waals surface area contributed by atoms with E-state index in [1.165, 1.54) is 30.2 Å². The number of allylic oxidation sites excluding steroid dienone is 1. The number of thiocarbonyl (C=S) groups is 1. The minimum Gasteiger partial charge on any atom is -0.268 e. The lowest BCUT2D eigenvalue weighted by atomic mass is 10.1. The van der Waals surface area contributed by atoms with E-state index < -0.39 is 0 Å². The molecular weight excluding hydrogens is 382 g/mol. The van der Waals surface area contributed by atoms with Gasteiger partial charge in [-0.3, -0.25) is 9.69 Å². The Hall–Kier alpha value is -1.62. The molecule has 2 aromatic carbocycles. The highest BCUT2D eigenvalue weighted by atomic mass is 35.5. The van der Waals surface area contributed by atoms with Crippen molar-refractivity contribution in [2.45, 2.75) is 33.1 Å². The molecule has 0 aliphatic carbocycles. The topological polar surface area (TPSA) is 20.3 Å². The van der Waals surface area contributed by atoms with Crippen LogP contribution in [0.4, 0.5) is 5.69 Å². The number of hydrogen-bond acceptors (Lipinski definition) is 3. The molecule has 1 amide bonds. The Bertz CT molecular complexity index is 857. The fourth-order valence-corrected chi connectivity index (χ4v) is 4.31. The first kappa shape index (κ1) is 19.2. The van der Waals surface area contributed by atoms with Gasteiger partial charge in [0.15, 0.2) is 4.32 Å². The summed E-state index contributed by atoms with van der Waals surface area (Å²) in [5, 5.41) is 0.678. The number of carbonyl (C=O) groups excluding carboxylic acids is 1. The fourth-order valence-electron chi connectivity index (χ4n) is 2.84. The van der Waals surface area contributed by atoms with E-state index in [0.29, 0.717) is 14.2 Å². The second kappa shape index (κ2) is 8.38. The van der Waals surface area contributed by atoms with Crippen LogP contribution in [0, 0.1) is 0 Å². The molecule has 0 N–H and O–H groups in total. The number of rotatable bonds is 5. The first-order chi connectivity index (χ1) is 12.5. The van der Waals surface area contributed by atoms with Crippen molar-refractivity contribution in [3.63, 3.8) is 0 Å². The molecule has 1 heterocycles. The van der Waals surface area contributed by atoms with Gasteiger partial charge in [0, 0.05) is 5.02 Å². The van der Waals surface area contributed by atoms with E-state index in [1.807, 2.05) is 43.3 Å². The molecule has 3 rings (SSSR count). The van der Waals surface area contributed by atoms with Crippen molar-refractivity contribution in [3.8, 4) is 0 Å². The smallest absolute Gasteiger partial charge is 0.268 e. The molecule has 1 fully saturated rings. The molecule has 0 spiro atoms. The van der Waals surface area contributed by atoms with Crippen LogP contribution in [0.2, 0.25) is 5.02 Å². The zero-order valence-corrected chi connectivity index (χ0v) is 17.2. The highest BCUT2D eigenvalue weighted by Gasteiger charge is 2.34. The number of nitrogens with zero attached hydrogens (tertiary/aromatic N) is 1. The number of unbranched alkanes of at least 4 members (excludes halogenated alkanes) is 1. The summed E-state index contributed by atoms with van der Waals surface area (Å²) >= 11 is 12.8. The van der Waals surface area contributed by atoms with E-state index in [0.717, 1.165) is 23.2 Å². The standard InChI is InChI=1S/C21H20ClNOS2/c1-3-4-5-15-6-12-18(13-7-15)23-20(24)19(26-21(23)25)14(2)16-8-10-17(22)11-9-16/h6-13H,3-5H2,1-2H3/b19-14-. The number of hydrogen-bond donors (Lipinski definition) is 0. The van der Waals surface area contributed by atoms with Gasteiger partial charge in [0.2, 0.25) is 0 Å². The summed E-state index contributed by atoms with van der Waals surface area (Å²) in [6, 6.07) is 15.6. The summed E-state index contributed by atoms with van der Waals surface area (Å²) in [6.07, 6.45) is 3.40. The van der Waals surface area contributed by atoms with Crippen molar-refractivity contribution in [2.24, 2.45) is 0 Å². The predicted octanol–water partition coefficient (Wildman–Crippen LogP) is 6.48. The first-order valence-corrected chi connectivity index (χ1v) is 10.2. The second-order valence-electron chi connectivity index (χ2n) is 6.24. The van der Waals surface area contributed by atoms with Crippen molar-refractivity contribution in [1.82, 2.24) is 0 Å². The minimum absolute atomic E-state index is 0.0613. The summed E-state index contributed by atoms with van der Waals surface area (Å²) in [6.45, 7) is 4.13. The lowest BCUT2D eigenvalue weighted by Gasteiger charge is -2.15. The zero-order valence-electron chi connectivity index (χ0n) is 14.8. The van der Waals surface area contributed by atoms with E-state index in [-0.39, 0.29) is 5.91 Å². The third kappa shape index (κ3) is 4.03. The van der Waals surface area contributed by atoms with E-state index in [4.69, 9.17) is 23.8 Å². The van der Waals surface area contributed by atoms with Crippen molar-refractivity contribution in [2.75, 3.05) is 4.90 Å². The number of aryl methyl sites for hydroxylation is 1. The molecule has 0 bridgehead atoms. The third-order valence-corrected chi connectivity index (χ3v) is 6.13. The van der Waals surface area contributed by atoms with E-state index in [9.17, 15) is 4.79 Å². The molecule has 1 aliphatic heterocycles. The zero-order chi connectivity index (χ0) is 18.7. The molecule has 0 radical (unpaired) electrons. The third-order valence-electron chi connectivity index (χ3n) is 4.40. The lowest BCUT2D eigenvalue weighted by Crippen LogP contribution is -2.27. The van der Waals surface area contributed by atoms with Gasteiger partial charge in [-0.1, -0.05) is 73.2 Å². The number of benzene rings is 2. The number of amides is 1. The maximum absolute atomic E-state index is 13.0. The van der Waals surface area contributed by atoms with Crippen molar-refractivity contribution < 1.29 is 4.79 Å². The van der Waals surface area contributed by atoms with Crippen LogP contribution < -0.4 is 4.90 Å². The van der Waals surface area contributed by atoms with Crippen LogP contribution in [0.1, 0.15) is 37.8 Å². The SMILES string of the molecule is CCCCc1ccc(N2C(=O)/C(=C(\C)c3ccc(Cl)cc3)SC2=S)cc1. The first-order valence-electron chi connectivity index (χ1n) is 8.63.